The Morgan fingerprint density at radius 2 is 0.611 bits per heavy atom. The smallest absolute Gasteiger partial charge is 0.0737 e. The molecule has 0 radical (unpaired) electrons. The Morgan fingerprint density at radius 3 is 1.00 bits per heavy atom. The van der Waals surface area contributed by atoms with Crippen LogP contribution in [0.2, 0.25) is 0 Å². The van der Waals surface area contributed by atoms with E-state index in [1.807, 2.05) is 24.3 Å². The number of H-pyrrole nitrogens is 4. The lowest BCUT2D eigenvalue weighted by atomic mass is 9.92. The second-order valence-electron chi connectivity index (χ2n) is 13.7. The van der Waals surface area contributed by atoms with Crippen LogP contribution in [-0.4, -0.2) is 39.9 Å². The highest BCUT2D eigenvalue weighted by molar-refractivity contribution is 6.01. The Hall–Kier alpha value is -7.58. The third-order valence-corrected chi connectivity index (χ3v) is 9.91. The number of hydrogen-bond acceptors (Lipinski definition) is 4. The SMILES string of the molecule is C1=Cc2cc3ccc([nH]3)c(-c3ccccc3-c3c4nc(cc5ccc(cc6nc(cc7ccc3[nH]7)C=C6)[nH]5)C=C4)c3nc(cc4ccc(cc1n2)[nH]4)C=C3. The lowest BCUT2D eigenvalue weighted by Crippen LogP contribution is -1.92. The van der Waals surface area contributed by atoms with E-state index in [1.165, 1.54) is 0 Å². The number of nitrogens with zero attached hydrogens (tertiary/aromatic N) is 4. The van der Waals surface area contributed by atoms with Crippen LogP contribution in [0.3, 0.4) is 0 Å². The molecule has 0 aliphatic carbocycles. The summed E-state index contributed by atoms with van der Waals surface area (Å²) in [7, 11) is 0. The van der Waals surface area contributed by atoms with Crippen molar-refractivity contribution in [1.82, 2.24) is 39.9 Å². The van der Waals surface area contributed by atoms with Crippen molar-refractivity contribution in [2.75, 3.05) is 0 Å². The zero-order valence-electron chi connectivity index (χ0n) is 28.8. The van der Waals surface area contributed by atoms with Gasteiger partial charge in [-0.3, -0.25) is 0 Å². The van der Waals surface area contributed by atoms with Crippen molar-refractivity contribution in [2.24, 2.45) is 0 Å². The van der Waals surface area contributed by atoms with Crippen LogP contribution in [0.25, 0.3) is 115 Å². The number of aromatic nitrogens is 8. The zero-order chi connectivity index (χ0) is 35.6. The predicted molar refractivity (Wildman–Crippen MR) is 222 cm³/mol. The van der Waals surface area contributed by atoms with Gasteiger partial charge in [-0.25, -0.2) is 19.9 Å². The van der Waals surface area contributed by atoms with Gasteiger partial charge >= 0.3 is 0 Å². The van der Waals surface area contributed by atoms with Crippen LogP contribution in [0.5, 0.6) is 0 Å². The molecule has 4 N–H and O–H groups in total. The largest absolute Gasteiger partial charge is 0.355 e. The van der Waals surface area contributed by atoms with Gasteiger partial charge in [0.1, 0.15) is 0 Å². The van der Waals surface area contributed by atoms with E-state index in [0.29, 0.717) is 0 Å². The van der Waals surface area contributed by atoms with Gasteiger partial charge in [-0.2, -0.15) is 0 Å². The van der Waals surface area contributed by atoms with Gasteiger partial charge in [0, 0.05) is 55.3 Å². The fourth-order valence-corrected chi connectivity index (χ4v) is 7.50. The molecule has 11 rings (SSSR count). The minimum Gasteiger partial charge on any atom is -0.355 e. The van der Waals surface area contributed by atoms with Crippen molar-refractivity contribution >= 4 is 92.7 Å². The fourth-order valence-electron chi connectivity index (χ4n) is 7.50. The minimum atomic E-state index is 0.859. The van der Waals surface area contributed by atoms with E-state index >= 15 is 0 Å². The first kappa shape index (κ1) is 30.1. The van der Waals surface area contributed by atoms with Gasteiger partial charge in [-0.05, 0) is 145 Å². The van der Waals surface area contributed by atoms with E-state index in [2.05, 4.69) is 153 Å². The second kappa shape index (κ2) is 12.0. The summed E-state index contributed by atoms with van der Waals surface area (Å²) in [4.78, 5) is 34.5. The topological polar surface area (TPSA) is 115 Å². The third kappa shape index (κ3) is 5.50. The molecule has 8 heteroatoms. The number of benzene rings is 1. The normalized spacial score (nSPS) is 12.9. The second-order valence-corrected chi connectivity index (χ2v) is 13.7. The maximum absolute atomic E-state index is 5.20. The van der Waals surface area contributed by atoms with Crippen LogP contribution < -0.4 is 0 Å². The lowest BCUT2D eigenvalue weighted by Gasteiger charge is -2.13. The van der Waals surface area contributed by atoms with E-state index in [4.69, 9.17) is 19.9 Å². The van der Waals surface area contributed by atoms with E-state index in [0.717, 1.165) is 112 Å². The van der Waals surface area contributed by atoms with Gasteiger partial charge in [0.25, 0.3) is 0 Å². The highest BCUT2D eigenvalue weighted by Gasteiger charge is 2.19. The zero-order valence-corrected chi connectivity index (χ0v) is 28.8. The van der Waals surface area contributed by atoms with Gasteiger partial charge in [-0.15, -0.1) is 0 Å². The van der Waals surface area contributed by atoms with Crippen molar-refractivity contribution in [2.45, 2.75) is 0 Å². The van der Waals surface area contributed by atoms with Crippen molar-refractivity contribution < 1.29 is 0 Å². The Morgan fingerprint density at radius 1 is 0.296 bits per heavy atom. The van der Waals surface area contributed by atoms with Gasteiger partial charge in [0.2, 0.25) is 0 Å². The van der Waals surface area contributed by atoms with Crippen LogP contribution in [0.4, 0.5) is 0 Å². The molecule has 0 fully saturated rings. The maximum Gasteiger partial charge on any atom is 0.0737 e. The molecule has 7 aromatic rings. The summed E-state index contributed by atoms with van der Waals surface area (Å²) in [5.74, 6) is 0. The van der Waals surface area contributed by atoms with E-state index in [1.54, 1.807) is 0 Å². The van der Waals surface area contributed by atoms with Gasteiger partial charge in [0.05, 0.1) is 45.6 Å². The molecule has 10 heterocycles. The Bertz CT molecular complexity index is 2960. The van der Waals surface area contributed by atoms with E-state index in [9.17, 15) is 0 Å². The number of hydrogen-bond donors (Lipinski definition) is 4. The van der Waals surface area contributed by atoms with E-state index in [-0.39, 0.29) is 0 Å². The first-order valence-corrected chi connectivity index (χ1v) is 17.9. The van der Waals surface area contributed by atoms with Gasteiger partial charge in [0.15, 0.2) is 0 Å². The molecule has 0 spiro atoms. The summed E-state index contributed by atoms with van der Waals surface area (Å²) in [6, 6.07) is 37.6. The molecule has 4 aliphatic heterocycles. The van der Waals surface area contributed by atoms with Crippen LogP contribution >= 0.6 is 0 Å². The fraction of sp³-hybridized carbons (Fsp3) is 0. The highest BCUT2D eigenvalue weighted by Crippen LogP contribution is 2.40. The summed E-state index contributed by atoms with van der Waals surface area (Å²) in [6.45, 7) is 0. The van der Waals surface area contributed by atoms with E-state index < -0.39 is 0 Å². The molecule has 254 valence electrons. The molecule has 8 nitrogen and oxygen atoms in total. The molecule has 0 amide bonds. The highest BCUT2D eigenvalue weighted by atomic mass is 14.8. The first-order chi connectivity index (χ1) is 26.6. The monoisotopic (exact) mass is 694 g/mol. The minimum absolute atomic E-state index is 0.859. The number of nitrogens with one attached hydrogen (secondary N) is 4. The molecular weight excluding hydrogens is 665 g/mol. The Balaban J connectivity index is 1.21. The third-order valence-electron chi connectivity index (χ3n) is 9.91. The summed E-state index contributed by atoms with van der Waals surface area (Å²) in [6.07, 6.45) is 16.5. The van der Waals surface area contributed by atoms with Crippen LogP contribution in [-0.2, 0) is 0 Å². The molecule has 0 unspecified atom stereocenters. The van der Waals surface area contributed by atoms with Crippen LogP contribution in [0.1, 0.15) is 45.6 Å². The molecule has 0 saturated carbocycles. The molecule has 54 heavy (non-hydrogen) atoms. The number of fused-ring (bicyclic) bond motifs is 16. The van der Waals surface area contributed by atoms with Crippen LogP contribution in [0.15, 0.2) is 109 Å². The average molecular weight is 695 g/mol. The van der Waals surface area contributed by atoms with Gasteiger partial charge < -0.3 is 19.9 Å². The quantitative estimate of drug-likeness (QED) is 0.144. The van der Waals surface area contributed by atoms with Gasteiger partial charge in [-0.1, -0.05) is 24.3 Å². The van der Waals surface area contributed by atoms with Crippen molar-refractivity contribution in [1.29, 1.82) is 0 Å². The van der Waals surface area contributed by atoms with Crippen molar-refractivity contribution in [3.63, 3.8) is 0 Å². The first-order valence-electron chi connectivity index (χ1n) is 17.9. The molecule has 16 bridgehead atoms. The molecule has 0 atom stereocenters. The summed E-state index contributed by atoms with van der Waals surface area (Å²) < 4.78 is 0. The summed E-state index contributed by atoms with van der Waals surface area (Å²) in [5, 5.41) is 0. The number of aromatic amines is 4. The average Bonchev–Trinajstić information content (AvgIpc) is 4.01. The lowest BCUT2D eigenvalue weighted by molar-refractivity contribution is 1.30. The Kier molecular flexibility index (Phi) is 6.69. The number of rotatable bonds is 2. The summed E-state index contributed by atoms with van der Waals surface area (Å²) >= 11 is 0. The summed E-state index contributed by atoms with van der Waals surface area (Å²) in [5.41, 5.74) is 18.7. The molecule has 1 aromatic carbocycles. The molecule has 6 aromatic heterocycles. The van der Waals surface area contributed by atoms with Crippen LogP contribution in [0, 0.1) is 0 Å². The Labute approximate surface area is 308 Å². The predicted octanol–water partition coefficient (Wildman–Crippen LogP) is 11.0. The standard InChI is InChI=1S/C46H30N8/c1-2-4-40(46-43-19-15-37(53-43)25-33-11-7-29(49-33)22-30-8-12-34(50-30)26-38-16-20-44(46)54-38)39(3-1)45-41-17-13-35(51-41)23-31-9-5-27(47-31)21-28-6-10-32(48-28)24-36-14-18-42(45)52-36/h1-26,47,49,52,54H. The molecule has 0 saturated heterocycles. The molecule has 4 aliphatic rings. The maximum atomic E-state index is 5.20. The van der Waals surface area contributed by atoms with Crippen molar-refractivity contribution in [3.05, 3.63) is 155 Å². The molecular formula is C46H30N8. The van der Waals surface area contributed by atoms with Crippen molar-refractivity contribution in [3.8, 4) is 22.3 Å².